The molecule has 0 atom stereocenters. The van der Waals surface area contributed by atoms with Crippen molar-refractivity contribution in [2.24, 2.45) is 17.0 Å². The van der Waals surface area contributed by atoms with Crippen LogP contribution >= 0.6 is 21.4 Å². The number of H-pyrrole nitrogens is 5. The lowest BCUT2D eigenvalue weighted by molar-refractivity contribution is -0.676. The van der Waals surface area contributed by atoms with E-state index >= 15 is 0 Å². The van der Waals surface area contributed by atoms with Crippen molar-refractivity contribution >= 4 is 105 Å². The Labute approximate surface area is 519 Å². The molecule has 0 radical (unpaired) electrons. The molecule has 8 N–H and O–H groups in total. The number of nitrogens with zero attached hydrogens (tertiary/aromatic N) is 4. The van der Waals surface area contributed by atoms with Gasteiger partial charge in [0, 0.05) is 82.4 Å². The summed E-state index contributed by atoms with van der Waals surface area (Å²) in [5.41, 5.74) is 18.7. The highest BCUT2D eigenvalue weighted by Crippen LogP contribution is 2.23. The lowest BCUT2D eigenvalue weighted by atomic mass is 10.1. The summed E-state index contributed by atoms with van der Waals surface area (Å²) in [6, 6.07) is 58.5. The van der Waals surface area contributed by atoms with Crippen molar-refractivity contribution in [3.8, 4) is 0 Å². The van der Waals surface area contributed by atoms with Gasteiger partial charge in [-0.05, 0) is 86.3 Å². The van der Waals surface area contributed by atoms with Gasteiger partial charge in [-0.2, -0.15) is 13.4 Å². The molecule has 13 rings (SSSR count). The van der Waals surface area contributed by atoms with Crippen molar-refractivity contribution in [2.45, 2.75) is 61.3 Å². The number of fused-ring (bicyclic) bond motifs is 3. The number of aromatic amines is 5. The summed E-state index contributed by atoms with van der Waals surface area (Å²) < 4.78 is 7.47. The van der Waals surface area contributed by atoms with Gasteiger partial charge in [0.05, 0.1) is 37.2 Å². The van der Waals surface area contributed by atoms with Crippen LogP contribution in [0.5, 0.6) is 0 Å². The van der Waals surface area contributed by atoms with Gasteiger partial charge in [0.25, 0.3) is 0 Å². The van der Waals surface area contributed by atoms with Crippen molar-refractivity contribution in [1.82, 2.24) is 24.9 Å². The number of aliphatic imine (C=N–C) groups is 2. The molecule has 11 aromatic rings. The van der Waals surface area contributed by atoms with E-state index in [-0.39, 0.29) is 0 Å². The topological polar surface area (TPSA) is 171 Å². The van der Waals surface area contributed by atoms with Gasteiger partial charge in [-0.25, -0.2) is 19.5 Å². The third kappa shape index (κ3) is 29.0. The van der Waals surface area contributed by atoms with Gasteiger partial charge >= 0.3 is 0 Å². The molecule has 0 fully saturated rings. The summed E-state index contributed by atoms with van der Waals surface area (Å²) in [5, 5.41) is 8.19. The summed E-state index contributed by atoms with van der Waals surface area (Å²) in [5.74, 6) is 0. The third-order valence-corrected chi connectivity index (χ3v) is 12.2. The lowest BCUT2D eigenvalue weighted by Gasteiger charge is -1.97. The first kappa shape index (κ1) is 69.9. The number of hydrogen-bond donors (Lipinski definition) is 7. The Bertz CT molecular complexity index is 3400. The van der Waals surface area contributed by atoms with Gasteiger partial charge in [-0.1, -0.05) is 207 Å². The van der Waals surface area contributed by atoms with Crippen molar-refractivity contribution in [3.63, 3.8) is 0 Å². The molecule has 0 saturated heterocycles. The van der Waals surface area contributed by atoms with E-state index < -0.39 is 0 Å². The minimum absolute atomic E-state index is 0.968. The molecule has 85 heavy (non-hydrogen) atoms. The number of rotatable bonds is 4. The minimum atomic E-state index is 0.968. The standard InChI is InChI=1S/C9H10.3C8H7N.3C8H9N.C5H8N2.2C4H6N2.HPS.H2S/c1-3-9-7-5-4-6-8(9)2;3*1-2-4-8-7(3-1)5-6-9-8;2*1-7-5-3-4-6-8(7)9-2;1-7-3-2-4-8(5-7)6-9;1-5-3-6-4-7(5)2;2*1-4-2-5-3-6-4;1-2;/h3-7H,1H2,2H3;2*1-4,6H,5H2;1-6,9H;3*2-6,9H,1H3;3-4H,1-2H3;2*2-3H,1H3,(H,5,6);1H;1H2/p+2/i/hD. The third-order valence-electron chi connectivity index (χ3n) is 12.2. The van der Waals surface area contributed by atoms with E-state index in [1.54, 1.807) is 18.9 Å². The molecule has 15 heteroatoms. The van der Waals surface area contributed by atoms with E-state index in [0.717, 1.165) is 52.5 Å². The zero-order valence-corrected chi connectivity index (χ0v) is 52.7. The molecule has 0 aliphatic carbocycles. The van der Waals surface area contributed by atoms with Crippen molar-refractivity contribution in [2.75, 3.05) is 0 Å². The summed E-state index contributed by atoms with van der Waals surface area (Å²) in [7, 11) is 4.56. The summed E-state index contributed by atoms with van der Waals surface area (Å²) in [6.07, 6.45) is 22.1. The molecule has 0 unspecified atom stereocenters. The first-order chi connectivity index (χ1) is 41.8. The molecule has 7 aromatic carbocycles. The van der Waals surface area contributed by atoms with E-state index in [1.165, 1.54) is 61.8 Å². The van der Waals surface area contributed by atoms with Crippen LogP contribution in [0.1, 0.15) is 61.6 Å². The maximum atomic E-state index is 6.92. The predicted molar refractivity (Wildman–Crippen MR) is 369 cm³/mol. The van der Waals surface area contributed by atoms with Gasteiger partial charge in [-0.3, -0.25) is 15.0 Å². The summed E-state index contributed by atoms with van der Waals surface area (Å²) in [4.78, 5) is 32.1. The molecule has 2 aliphatic rings. The van der Waals surface area contributed by atoms with Crippen molar-refractivity contribution in [1.29, 1.82) is 6.53 Å². The number of benzene rings is 7. The Morgan fingerprint density at radius 1 is 0.659 bits per heavy atom. The molecule has 4 aromatic heterocycles. The molecule has 438 valence electrons. The van der Waals surface area contributed by atoms with E-state index in [0.29, 0.717) is 0 Å². The van der Waals surface area contributed by atoms with Crippen LogP contribution in [0, 0.1) is 53.9 Å². The molecule has 0 bridgehead atoms. The van der Waals surface area contributed by atoms with Crippen LogP contribution in [0.25, 0.3) is 17.0 Å². The SMILES string of the molecule is C1=Nc2ccccc2C1.C1=Nc2ccccc2C1.C=Cc1ccccc1C.Cc1c[nH+]c[nH]1.Cc1c[nH]c[n+]1C.Cc1cccc(C=N)c1.Cc1cnc[nH]1.P=S.[2H]S.[CH-]=[NH+]c1ccccc1C.[CH-]=[NH+]c1ccccc1C.c1ccc2[nH]ccc2c1. The van der Waals surface area contributed by atoms with Crippen molar-refractivity contribution < 1.29 is 19.5 Å². The van der Waals surface area contributed by atoms with E-state index in [2.05, 4.69) is 146 Å². The number of aryl methyl sites for hydroxylation is 8. The lowest BCUT2D eigenvalue weighted by Crippen LogP contribution is -2.58. The second-order valence-corrected chi connectivity index (χ2v) is 18.6. The van der Waals surface area contributed by atoms with Crippen LogP contribution in [0.15, 0.2) is 236 Å². The highest BCUT2D eigenvalue weighted by molar-refractivity contribution is 7.88. The van der Waals surface area contributed by atoms with Gasteiger partial charge < -0.3 is 25.4 Å². The normalized spacial score (nSPS) is 9.96. The molecule has 0 spiro atoms. The molecular formula is C70H83N12PS2+2. The maximum absolute atomic E-state index is 6.92. The Morgan fingerprint density at radius 3 is 1.55 bits per heavy atom. The van der Waals surface area contributed by atoms with Crippen LogP contribution in [-0.4, -0.2) is 58.1 Å². The van der Waals surface area contributed by atoms with Crippen molar-refractivity contribution in [3.05, 3.63) is 288 Å². The molecule has 2 aliphatic heterocycles. The predicted octanol–water partition coefficient (Wildman–Crippen LogP) is 13.0. The van der Waals surface area contributed by atoms with Gasteiger partial charge in [-0.15, -0.1) is 0 Å². The second-order valence-electron chi connectivity index (χ2n) is 18.6. The Balaban J connectivity index is 0.000000325. The van der Waals surface area contributed by atoms with Gasteiger partial charge in [0.1, 0.15) is 23.8 Å². The van der Waals surface area contributed by atoms with Crippen LogP contribution in [0.2, 0.25) is 0 Å². The molecule has 6 heterocycles. The number of aromatic nitrogens is 7. The van der Waals surface area contributed by atoms with Crippen LogP contribution in [-0.2, 0) is 31.7 Å². The minimum Gasteiger partial charge on any atom is -0.380 e. The van der Waals surface area contributed by atoms with Crippen LogP contribution < -0.4 is 19.5 Å². The Kier molecular flexibility index (Phi) is 35.7. The van der Waals surface area contributed by atoms with Crippen LogP contribution in [0.4, 0.5) is 22.7 Å². The average Bonchev–Trinajstić information content (AvgIpc) is 4.57. The van der Waals surface area contributed by atoms with Crippen LogP contribution in [0.3, 0.4) is 0 Å². The molecule has 12 nitrogen and oxygen atoms in total. The maximum Gasteiger partial charge on any atom is 0.241 e. The number of imidazole rings is 3. The number of para-hydroxylation sites is 5. The highest BCUT2D eigenvalue weighted by atomic mass is 32.4. The Hall–Kier alpha value is -9.33. The number of hydrogen-bond acceptors (Lipinski definition) is 5. The highest BCUT2D eigenvalue weighted by Gasteiger charge is 2.03. The quantitative estimate of drug-likeness (QED) is 0.0403. The zero-order chi connectivity index (χ0) is 63.2. The zero-order valence-electron chi connectivity index (χ0n) is 51.0. The van der Waals surface area contributed by atoms with E-state index in [4.69, 9.17) is 20.0 Å². The monoisotopic (exact) mass is 1190 g/mol. The number of nitrogens with one attached hydrogen (secondary N) is 8. The fraction of sp³-hybridized carbons (Fsp3) is 0.143. The molecule has 0 saturated carbocycles. The first-order valence-corrected chi connectivity index (χ1v) is 28.7. The second kappa shape index (κ2) is 43.4. The van der Waals surface area contributed by atoms with Gasteiger partial charge in [0.2, 0.25) is 12.7 Å². The fourth-order valence-corrected chi connectivity index (χ4v) is 7.31. The smallest absolute Gasteiger partial charge is 0.241 e. The Morgan fingerprint density at radius 2 is 1.20 bits per heavy atom. The first-order valence-electron chi connectivity index (χ1n) is 27.5. The van der Waals surface area contributed by atoms with Gasteiger partial charge in [0.15, 0.2) is 0 Å². The van der Waals surface area contributed by atoms with E-state index in [9.17, 15) is 0 Å². The molecular weight excluding hydrogens is 1100 g/mol. The largest absolute Gasteiger partial charge is 0.380 e. The summed E-state index contributed by atoms with van der Waals surface area (Å²) >= 11 is 6.67. The van der Waals surface area contributed by atoms with E-state index in [1.807, 2.05) is 223 Å². The molecule has 0 amide bonds. The average molecular weight is 1190 g/mol. The fourth-order valence-electron chi connectivity index (χ4n) is 7.31. The summed E-state index contributed by atoms with van der Waals surface area (Å²) in [6.45, 7) is 28.2.